The van der Waals surface area contributed by atoms with E-state index in [1.807, 2.05) is 4.90 Å². The molecule has 1 saturated heterocycles. The Kier molecular flexibility index (Phi) is 6.29. The van der Waals surface area contributed by atoms with Gasteiger partial charge in [0.15, 0.2) is 0 Å². The van der Waals surface area contributed by atoms with E-state index in [4.69, 9.17) is 9.47 Å². The molecule has 0 spiro atoms. The number of halogens is 3. The number of alkyl halides is 3. The summed E-state index contributed by atoms with van der Waals surface area (Å²) in [6, 6.07) is 5.07. The summed E-state index contributed by atoms with van der Waals surface area (Å²) in [5.41, 5.74) is 0.416. The SMILES string of the molecule is COc1ccc(C(O)Cc2c(N3CCOCC3)nc3n(c2=O)CCC(C(F)(F)F)N3)cc1. The number of methoxy groups -OCH3 is 1. The minimum absolute atomic E-state index is 0.0200. The molecular formula is C21H25F3N4O4. The maximum atomic E-state index is 13.3. The van der Waals surface area contributed by atoms with Crippen LogP contribution in [0.1, 0.15) is 23.7 Å². The monoisotopic (exact) mass is 454 g/mol. The van der Waals surface area contributed by atoms with E-state index >= 15 is 0 Å². The Morgan fingerprint density at radius 3 is 2.56 bits per heavy atom. The molecule has 174 valence electrons. The highest BCUT2D eigenvalue weighted by Crippen LogP contribution is 2.31. The number of aliphatic hydroxyl groups is 1. The van der Waals surface area contributed by atoms with Gasteiger partial charge in [0.05, 0.1) is 32.0 Å². The minimum Gasteiger partial charge on any atom is -0.497 e. The molecule has 0 saturated carbocycles. The lowest BCUT2D eigenvalue weighted by Gasteiger charge is -2.33. The summed E-state index contributed by atoms with van der Waals surface area (Å²) in [6.07, 6.45) is -5.72. The zero-order chi connectivity index (χ0) is 22.9. The molecule has 2 aliphatic heterocycles. The summed E-state index contributed by atoms with van der Waals surface area (Å²) in [4.78, 5) is 19.6. The van der Waals surface area contributed by atoms with Crippen molar-refractivity contribution in [2.24, 2.45) is 0 Å². The van der Waals surface area contributed by atoms with Gasteiger partial charge in [-0.15, -0.1) is 0 Å². The lowest BCUT2D eigenvalue weighted by atomic mass is 10.0. The maximum absolute atomic E-state index is 13.3. The molecule has 4 rings (SSSR count). The fourth-order valence-corrected chi connectivity index (χ4v) is 3.98. The number of anilines is 2. The topological polar surface area (TPSA) is 88.9 Å². The van der Waals surface area contributed by atoms with Crippen LogP contribution in [0.2, 0.25) is 0 Å². The number of morpholine rings is 1. The van der Waals surface area contributed by atoms with Crippen LogP contribution in [0, 0.1) is 0 Å². The second-order valence-corrected chi connectivity index (χ2v) is 7.81. The van der Waals surface area contributed by atoms with Crippen LogP contribution >= 0.6 is 0 Å². The van der Waals surface area contributed by atoms with E-state index < -0.39 is 23.9 Å². The predicted octanol–water partition coefficient (Wildman–Crippen LogP) is 2.11. The fourth-order valence-electron chi connectivity index (χ4n) is 3.98. The number of aromatic nitrogens is 2. The first kappa shape index (κ1) is 22.4. The number of hydrogen-bond donors (Lipinski definition) is 2. The molecule has 2 N–H and O–H groups in total. The molecule has 0 bridgehead atoms. The van der Waals surface area contributed by atoms with Crippen molar-refractivity contribution in [2.45, 2.75) is 37.7 Å². The lowest BCUT2D eigenvalue weighted by molar-refractivity contribution is -0.145. The van der Waals surface area contributed by atoms with E-state index in [-0.39, 0.29) is 36.7 Å². The van der Waals surface area contributed by atoms with Crippen LogP contribution in [-0.4, -0.2) is 60.3 Å². The molecule has 2 aromatic rings. The molecule has 1 aromatic heterocycles. The number of ether oxygens (including phenoxy) is 2. The van der Waals surface area contributed by atoms with Crippen LogP contribution < -0.4 is 20.5 Å². The average Bonchev–Trinajstić information content (AvgIpc) is 2.80. The van der Waals surface area contributed by atoms with Crippen LogP contribution in [0.25, 0.3) is 0 Å². The number of rotatable bonds is 5. The Hall–Kier alpha value is -2.79. The van der Waals surface area contributed by atoms with Crippen LogP contribution in [0.4, 0.5) is 24.9 Å². The molecule has 2 aliphatic rings. The Bertz CT molecular complexity index is 1000. The molecule has 2 unspecified atom stereocenters. The van der Waals surface area contributed by atoms with Crippen molar-refractivity contribution in [1.82, 2.24) is 9.55 Å². The van der Waals surface area contributed by atoms with Gasteiger partial charge in [-0.1, -0.05) is 12.1 Å². The highest BCUT2D eigenvalue weighted by atomic mass is 19.4. The standard InChI is InChI=1S/C21H25F3N4O4/c1-31-14-4-2-13(3-5-14)16(29)12-15-18(27-8-10-32-11-9-27)26-20-25-17(21(22,23)24)6-7-28(20)19(15)30/h2-5,16-17,29H,6-12H2,1H3,(H,25,26). The first-order valence-electron chi connectivity index (χ1n) is 10.4. The van der Waals surface area contributed by atoms with Crippen LogP contribution in [-0.2, 0) is 17.7 Å². The molecule has 32 heavy (non-hydrogen) atoms. The van der Waals surface area contributed by atoms with E-state index in [1.54, 1.807) is 24.3 Å². The number of fused-ring (bicyclic) bond motifs is 1. The first-order valence-corrected chi connectivity index (χ1v) is 10.4. The van der Waals surface area contributed by atoms with Gasteiger partial charge in [0, 0.05) is 26.1 Å². The largest absolute Gasteiger partial charge is 0.497 e. The zero-order valence-electron chi connectivity index (χ0n) is 17.6. The zero-order valence-corrected chi connectivity index (χ0v) is 17.6. The van der Waals surface area contributed by atoms with E-state index in [0.29, 0.717) is 37.6 Å². The third kappa shape index (κ3) is 4.53. The number of hydrogen-bond acceptors (Lipinski definition) is 7. The highest BCUT2D eigenvalue weighted by Gasteiger charge is 2.42. The summed E-state index contributed by atoms with van der Waals surface area (Å²) in [5.74, 6) is 0.816. The minimum atomic E-state index is -4.44. The summed E-state index contributed by atoms with van der Waals surface area (Å²) < 4.78 is 51.4. The Labute approximate surface area is 182 Å². The lowest BCUT2D eigenvalue weighted by Crippen LogP contribution is -2.46. The fraction of sp³-hybridized carbons (Fsp3) is 0.524. The van der Waals surface area contributed by atoms with Crippen molar-refractivity contribution < 1.29 is 27.8 Å². The van der Waals surface area contributed by atoms with E-state index in [2.05, 4.69) is 10.3 Å². The molecular weight excluding hydrogens is 429 g/mol. The third-order valence-electron chi connectivity index (χ3n) is 5.79. The summed E-state index contributed by atoms with van der Waals surface area (Å²) >= 11 is 0. The Morgan fingerprint density at radius 1 is 1.25 bits per heavy atom. The van der Waals surface area contributed by atoms with Gasteiger partial charge in [-0.3, -0.25) is 9.36 Å². The van der Waals surface area contributed by atoms with Gasteiger partial charge in [0.1, 0.15) is 17.6 Å². The molecule has 11 heteroatoms. The van der Waals surface area contributed by atoms with Crippen molar-refractivity contribution in [3.8, 4) is 5.75 Å². The smallest absolute Gasteiger partial charge is 0.408 e. The van der Waals surface area contributed by atoms with E-state index in [1.165, 1.54) is 11.7 Å². The molecule has 1 fully saturated rings. The van der Waals surface area contributed by atoms with Gasteiger partial charge in [0.25, 0.3) is 5.56 Å². The maximum Gasteiger partial charge on any atom is 0.408 e. The van der Waals surface area contributed by atoms with Gasteiger partial charge in [-0.25, -0.2) is 0 Å². The number of aliphatic hydroxyl groups excluding tert-OH is 1. The predicted molar refractivity (Wildman–Crippen MR) is 111 cm³/mol. The van der Waals surface area contributed by atoms with Crippen molar-refractivity contribution in [3.05, 3.63) is 45.7 Å². The molecule has 0 radical (unpaired) electrons. The Balaban J connectivity index is 1.71. The van der Waals surface area contributed by atoms with Crippen molar-refractivity contribution in [2.75, 3.05) is 43.6 Å². The second-order valence-electron chi connectivity index (χ2n) is 7.81. The van der Waals surface area contributed by atoms with Gasteiger partial charge in [-0.05, 0) is 24.1 Å². The van der Waals surface area contributed by atoms with Gasteiger partial charge in [0.2, 0.25) is 5.95 Å². The van der Waals surface area contributed by atoms with Gasteiger partial charge < -0.3 is 24.8 Å². The van der Waals surface area contributed by atoms with E-state index in [0.717, 1.165) is 0 Å². The van der Waals surface area contributed by atoms with Crippen molar-refractivity contribution >= 4 is 11.8 Å². The first-order chi connectivity index (χ1) is 15.3. The molecule has 0 aliphatic carbocycles. The summed E-state index contributed by atoms with van der Waals surface area (Å²) in [6.45, 7) is 1.63. The molecule has 1 aromatic carbocycles. The van der Waals surface area contributed by atoms with Gasteiger partial charge >= 0.3 is 6.18 Å². The number of benzene rings is 1. The summed E-state index contributed by atoms with van der Waals surface area (Å²) in [7, 11) is 1.54. The van der Waals surface area contributed by atoms with E-state index in [9.17, 15) is 23.1 Å². The number of nitrogens with one attached hydrogen (secondary N) is 1. The highest BCUT2D eigenvalue weighted by molar-refractivity contribution is 5.52. The van der Waals surface area contributed by atoms with Crippen LogP contribution in [0.3, 0.4) is 0 Å². The van der Waals surface area contributed by atoms with Gasteiger partial charge in [-0.2, -0.15) is 18.2 Å². The normalized spacial score (nSPS) is 19.8. The average molecular weight is 454 g/mol. The molecule has 0 amide bonds. The molecule has 8 nitrogen and oxygen atoms in total. The molecule has 3 heterocycles. The number of nitrogens with zero attached hydrogens (tertiary/aromatic N) is 3. The Morgan fingerprint density at radius 2 is 1.94 bits per heavy atom. The second kappa shape index (κ2) is 8.99. The summed E-state index contributed by atoms with van der Waals surface area (Å²) in [5, 5.41) is 13.2. The quantitative estimate of drug-likeness (QED) is 0.716. The van der Waals surface area contributed by atoms with Crippen LogP contribution in [0.5, 0.6) is 5.75 Å². The van der Waals surface area contributed by atoms with Crippen LogP contribution in [0.15, 0.2) is 29.1 Å². The molecule has 2 atom stereocenters. The van der Waals surface area contributed by atoms with Crippen molar-refractivity contribution in [1.29, 1.82) is 0 Å². The van der Waals surface area contributed by atoms with Crippen molar-refractivity contribution in [3.63, 3.8) is 0 Å². The third-order valence-corrected chi connectivity index (χ3v) is 5.79.